The van der Waals surface area contributed by atoms with Gasteiger partial charge in [0, 0.05) is 13.2 Å². The Bertz CT molecular complexity index is 380. The summed E-state index contributed by atoms with van der Waals surface area (Å²) >= 11 is 0. The summed E-state index contributed by atoms with van der Waals surface area (Å²) < 4.78 is 9.98. The third-order valence-corrected chi connectivity index (χ3v) is 3.61. The first-order valence-corrected chi connectivity index (χ1v) is 7.79. The molecule has 20 heavy (non-hydrogen) atoms. The second-order valence-electron chi connectivity index (χ2n) is 3.84. The van der Waals surface area contributed by atoms with Crippen molar-refractivity contribution in [2.75, 3.05) is 13.2 Å². The van der Waals surface area contributed by atoms with Crippen LogP contribution >= 0.6 is 0 Å². The normalized spacial score (nSPS) is 9.10. The van der Waals surface area contributed by atoms with E-state index in [4.69, 9.17) is 8.85 Å². The van der Waals surface area contributed by atoms with Gasteiger partial charge >= 0.3 is 10.0 Å². The molecule has 0 saturated heterocycles. The Kier molecular flexibility index (Phi) is 12.0. The molecular weight excluding hydrogens is 280 g/mol. The Hall–Kier alpha value is -1.21. The molecule has 0 radical (unpaired) electrons. The third-order valence-electron chi connectivity index (χ3n) is 2.46. The van der Waals surface area contributed by atoms with Crippen LogP contribution in [-0.2, 0) is 8.85 Å². The summed E-state index contributed by atoms with van der Waals surface area (Å²) in [5.41, 5.74) is 2.55. The van der Waals surface area contributed by atoms with Crippen LogP contribution in [0.15, 0.2) is 60.7 Å². The molecule has 110 valence electrons. The lowest BCUT2D eigenvalue weighted by molar-refractivity contribution is 0.240. The van der Waals surface area contributed by atoms with Gasteiger partial charge in [-0.25, -0.2) is 0 Å². The van der Waals surface area contributed by atoms with E-state index >= 15 is 0 Å². The van der Waals surface area contributed by atoms with Crippen molar-refractivity contribution < 1.29 is 8.85 Å². The molecule has 0 N–H and O–H groups in total. The van der Waals surface area contributed by atoms with Crippen molar-refractivity contribution >= 4 is 21.0 Å². The lowest BCUT2D eigenvalue weighted by Gasteiger charge is -1.98. The SMILES string of the molecule is CCO[SiH2]OCC.[SiH4].c1ccc(-c2ccccc2)cc1. The molecule has 0 aliphatic rings. The molecule has 0 fully saturated rings. The van der Waals surface area contributed by atoms with Gasteiger partial charge in [-0.1, -0.05) is 60.7 Å². The van der Waals surface area contributed by atoms with Crippen LogP contribution in [0, 0.1) is 0 Å². The molecule has 0 unspecified atom stereocenters. The molecule has 4 heteroatoms. The average molecular weight is 307 g/mol. The molecule has 0 spiro atoms. The summed E-state index contributed by atoms with van der Waals surface area (Å²) in [5.74, 6) is 0. The number of benzene rings is 2. The van der Waals surface area contributed by atoms with E-state index in [2.05, 4.69) is 48.5 Å². The standard InChI is InChI=1S/C12H10.C4H12O2Si.H4Si/c1-3-7-11(8-4-1)12-9-5-2-6-10-12;1-3-5-7-6-4-2;/h1-10H;3-4,7H2,1-2H3;1H4. The summed E-state index contributed by atoms with van der Waals surface area (Å²) in [6.07, 6.45) is 0. The Morgan fingerprint density at radius 2 is 1.05 bits per heavy atom. The molecule has 2 nitrogen and oxygen atoms in total. The minimum absolute atomic E-state index is 0. The van der Waals surface area contributed by atoms with Gasteiger partial charge in [-0.15, -0.1) is 0 Å². The molecule has 0 heterocycles. The number of rotatable bonds is 5. The van der Waals surface area contributed by atoms with Crippen LogP contribution in [0.4, 0.5) is 0 Å². The largest absolute Gasteiger partial charge is 0.399 e. The molecule has 0 atom stereocenters. The van der Waals surface area contributed by atoms with Crippen LogP contribution in [-0.4, -0.2) is 34.2 Å². The maximum atomic E-state index is 4.99. The van der Waals surface area contributed by atoms with Crippen molar-refractivity contribution in [1.29, 1.82) is 0 Å². The fourth-order valence-electron chi connectivity index (χ4n) is 1.49. The fraction of sp³-hybridized carbons (Fsp3) is 0.250. The van der Waals surface area contributed by atoms with Gasteiger partial charge in [0.05, 0.1) is 0 Å². The third kappa shape index (κ3) is 8.06. The highest BCUT2D eigenvalue weighted by molar-refractivity contribution is 6.17. The van der Waals surface area contributed by atoms with Crippen LogP contribution in [0.25, 0.3) is 11.1 Å². The Morgan fingerprint density at radius 3 is 1.35 bits per heavy atom. The van der Waals surface area contributed by atoms with Crippen LogP contribution in [0.1, 0.15) is 13.8 Å². The molecule has 0 amide bonds. The lowest BCUT2D eigenvalue weighted by Crippen LogP contribution is -2.02. The van der Waals surface area contributed by atoms with Gasteiger partial charge in [0.15, 0.2) is 0 Å². The first-order valence-electron chi connectivity index (χ1n) is 6.64. The molecule has 0 aliphatic carbocycles. The minimum atomic E-state index is -0.589. The van der Waals surface area contributed by atoms with Crippen molar-refractivity contribution in [3.05, 3.63) is 60.7 Å². The maximum Gasteiger partial charge on any atom is 0.304 e. The topological polar surface area (TPSA) is 18.5 Å². The second kappa shape index (κ2) is 12.8. The summed E-state index contributed by atoms with van der Waals surface area (Å²) in [5, 5.41) is 0. The number of hydrogen-bond donors (Lipinski definition) is 0. The zero-order valence-corrected chi connectivity index (χ0v) is 13.1. The molecular formula is C16H26O2Si2. The van der Waals surface area contributed by atoms with E-state index < -0.39 is 10.0 Å². The molecule has 0 aromatic heterocycles. The monoisotopic (exact) mass is 306 g/mol. The van der Waals surface area contributed by atoms with E-state index in [1.807, 2.05) is 26.0 Å². The number of hydrogen-bond acceptors (Lipinski definition) is 2. The average Bonchev–Trinajstić information content (AvgIpc) is 2.50. The lowest BCUT2D eigenvalue weighted by atomic mass is 10.1. The molecule has 0 aliphatic heterocycles. The molecule has 2 aromatic rings. The highest BCUT2D eigenvalue weighted by Crippen LogP contribution is 2.17. The van der Waals surface area contributed by atoms with Gasteiger partial charge in [0.25, 0.3) is 0 Å². The van der Waals surface area contributed by atoms with Crippen LogP contribution < -0.4 is 0 Å². The summed E-state index contributed by atoms with van der Waals surface area (Å²) in [6, 6.07) is 20.8. The fourth-order valence-corrected chi connectivity index (χ4v) is 1.94. The van der Waals surface area contributed by atoms with Crippen molar-refractivity contribution in [3.63, 3.8) is 0 Å². The van der Waals surface area contributed by atoms with Gasteiger partial charge in [-0.05, 0) is 35.9 Å². The van der Waals surface area contributed by atoms with Crippen molar-refractivity contribution in [2.45, 2.75) is 13.8 Å². The van der Waals surface area contributed by atoms with Gasteiger partial charge in [0.1, 0.15) is 0 Å². The first kappa shape index (κ1) is 18.8. The van der Waals surface area contributed by atoms with Crippen LogP contribution in [0.2, 0.25) is 0 Å². The van der Waals surface area contributed by atoms with Crippen molar-refractivity contribution in [2.24, 2.45) is 0 Å². The summed E-state index contributed by atoms with van der Waals surface area (Å²) in [6.45, 7) is 5.55. The predicted octanol–water partition coefficient (Wildman–Crippen LogP) is 1.96. The highest BCUT2D eigenvalue weighted by atomic mass is 28.3. The Morgan fingerprint density at radius 1 is 0.700 bits per heavy atom. The van der Waals surface area contributed by atoms with E-state index in [-0.39, 0.29) is 11.0 Å². The van der Waals surface area contributed by atoms with E-state index in [0.717, 1.165) is 13.2 Å². The van der Waals surface area contributed by atoms with Crippen LogP contribution in [0.5, 0.6) is 0 Å². The molecule has 2 aromatic carbocycles. The van der Waals surface area contributed by atoms with Gasteiger partial charge in [-0.2, -0.15) is 0 Å². The zero-order chi connectivity index (χ0) is 13.8. The molecule has 0 bridgehead atoms. The van der Waals surface area contributed by atoms with Crippen LogP contribution in [0.3, 0.4) is 0 Å². The molecule has 2 rings (SSSR count). The van der Waals surface area contributed by atoms with Gasteiger partial charge < -0.3 is 8.85 Å². The smallest absolute Gasteiger partial charge is 0.304 e. The summed E-state index contributed by atoms with van der Waals surface area (Å²) in [7, 11) is -0.589. The highest BCUT2D eigenvalue weighted by Gasteiger charge is 1.91. The van der Waals surface area contributed by atoms with Gasteiger partial charge in [0.2, 0.25) is 0 Å². The van der Waals surface area contributed by atoms with E-state index in [1.54, 1.807) is 0 Å². The Labute approximate surface area is 129 Å². The quantitative estimate of drug-likeness (QED) is 0.621. The maximum absolute atomic E-state index is 4.99. The van der Waals surface area contributed by atoms with E-state index in [0.29, 0.717) is 0 Å². The van der Waals surface area contributed by atoms with E-state index in [1.165, 1.54) is 11.1 Å². The van der Waals surface area contributed by atoms with E-state index in [9.17, 15) is 0 Å². The van der Waals surface area contributed by atoms with Crippen molar-refractivity contribution in [1.82, 2.24) is 0 Å². The predicted molar refractivity (Wildman–Crippen MR) is 95.0 cm³/mol. The van der Waals surface area contributed by atoms with Crippen molar-refractivity contribution in [3.8, 4) is 11.1 Å². The first-order chi connectivity index (χ1) is 9.38. The Balaban J connectivity index is 0.000000396. The summed E-state index contributed by atoms with van der Waals surface area (Å²) in [4.78, 5) is 0. The zero-order valence-electron chi connectivity index (χ0n) is 11.7. The minimum Gasteiger partial charge on any atom is -0.399 e. The van der Waals surface area contributed by atoms with Gasteiger partial charge in [-0.3, -0.25) is 0 Å². The second-order valence-corrected chi connectivity index (χ2v) is 4.89. The molecule has 0 saturated carbocycles.